The van der Waals surface area contributed by atoms with E-state index in [-0.39, 0.29) is 18.0 Å². The molecular weight excluding hydrogens is 330 g/mol. The first kappa shape index (κ1) is 17.3. The second kappa shape index (κ2) is 6.54. The number of ether oxygens (including phenoxy) is 2. The first-order valence-corrected chi connectivity index (χ1v) is 9.47. The van der Waals surface area contributed by atoms with Crippen molar-refractivity contribution in [2.75, 3.05) is 18.1 Å². The molecule has 5 heteroatoms. The summed E-state index contributed by atoms with van der Waals surface area (Å²) < 4.78 is 11.6. The zero-order valence-corrected chi connectivity index (χ0v) is 15.3. The molecular formula is C21H25NO4. The smallest absolute Gasteiger partial charge is 0.312 e. The molecule has 4 atom stereocenters. The molecule has 0 unspecified atom stereocenters. The van der Waals surface area contributed by atoms with Crippen LogP contribution in [-0.4, -0.2) is 36.7 Å². The van der Waals surface area contributed by atoms with Gasteiger partial charge in [0.05, 0.1) is 25.2 Å². The topological polar surface area (TPSA) is 55.8 Å². The van der Waals surface area contributed by atoms with Gasteiger partial charge in [-0.05, 0) is 25.5 Å². The van der Waals surface area contributed by atoms with E-state index < -0.39 is 17.4 Å². The summed E-state index contributed by atoms with van der Waals surface area (Å²) in [6, 6.07) is 7.86. The number of rotatable bonds is 6. The third-order valence-corrected chi connectivity index (χ3v) is 5.71. The van der Waals surface area contributed by atoms with Gasteiger partial charge < -0.3 is 14.4 Å². The van der Waals surface area contributed by atoms with Gasteiger partial charge in [-0.3, -0.25) is 9.59 Å². The normalized spacial score (nSPS) is 31.5. The highest BCUT2D eigenvalue weighted by Crippen LogP contribution is 2.52. The number of carbonyl (C=O) groups is 2. The van der Waals surface area contributed by atoms with Crippen LogP contribution in [0, 0.1) is 18.8 Å². The minimum Gasteiger partial charge on any atom is -0.465 e. The lowest BCUT2D eigenvalue weighted by atomic mass is 9.77. The average molecular weight is 355 g/mol. The maximum absolute atomic E-state index is 13.2. The summed E-state index contributed by atoms with van der Waals surface area (Å²) in [5.41, 5.74) is 1.30. The van der Waals surface area contributed by atoms with Crippen molar-refractivity contribution in [1.82, 2.24) is 0 Å². The highest BCUT2D eigenvalue weighted by atomic mass is 16.6. The molecule has 3 aliphatic heterocycles. The average Bonchev–Trinajstić information content (AvgIpc) is 3.28. The minimum atomic E-state index is -0.695. The molecule has 1 aromatic rings. The Hall–Kier alpha value is -2.14. The van der Waals surface area contributed by atoms with Crippen LogP contribution < -0.4 is 4.90 Å². The third kappa shape index (κ3) is 2.65. The molecule has 0 radical (unpaired) electrons. The Morgan fingerprint density at radius 2 is 2.08 bits per heavy atom. The van der Waals surface area contributed by atoms with Crippen LogP contribution in [0.1, 0.15) is 31.7 Å². The second-order valence-electron chi connectivity index (χ2n) is 7.53. The lowest BCUT2D eigenvalue weighted by Crippen LogP contribution is -2.40. The van der Waals surface area contributed by atoms with Gasteiger partial charge in [0.15, 0.2) is 0 Å². The highest BCUT2D eigenvalue weighted by molar-refractivity contribution is 6.02. The molecule has 2 fully saturated rings. The standard InChI is InChI=1S/C21H25NO4/c1-3-4-5-12-25-20(24)17-16-10-11-21(26-16)13-22(19(23)18(17)21)15-8-6-14(2)7-9-15/h6-11,16-18H,3-5,12-13H2,1-2H3/t16-,17+,18+,21+/m1/s1. The molecule has 5 nitrogen and oxygen atoms in total. The molecule has 1 amide bonds. The van der Waals surface area contributed by atoms with Crippen molar-refractivity contribution in [3.63, 3.8) is 0 Å². The predicted molar refractivity (Wildman–Crippen MR) is 97.7 cm³/mol. The maximum Gasteiger partial charge on any atom is 0.312 e. The molecule has 0 N–H and O–H groups in total. The first-order valence-electron chi connectivity index (χ1n) is 9.47. The molecule has 2 bridgehead atoms. The van der Waals surface area contributed by atoms with E-state index in [1.807, 2.05) is 43.3 Å². The molecule has 0 saturated carbocycles. The predicted octanol–water partition coefficient (Wildman–Crippen LogP) is 3.01. The van der Waals surface area contributed by atoms with Gasteiger partial charge in [-0.1, -0.05) is 49.6 Å². The van der Waals surface area contributed by atoms with Gasteiger partial charge in [-0.2, -0.15) is 0 Å². The maximum atomic E-state index is 13.2. The van der Waals surface area contributed by atoms with Crippen LogP contribution in [-0.2, 0) is 19.1 Å². The monoisotopic (exact) mass is 355 g/mol. The summed E-state index contributed by atoms with van der Waals surface area (Å²) in [5, 5.41) is 0. The van der Waals surface area contributed by atoms with Gasteiger partial charge >= 0.3 is 5.97 Å². The quantitative estimate of drug-likeness (QED) is 0.447. The molecule has 1 spiro atoms. The van der Waals surface area contributed by atoms with Crippen LogP contribution in [0.25, 0.3) is 0 Å². The molecule has 4 rings (SSSR count). The van der Waals surface area contributed by atoms with Crippen LogP contribution in [0.15, 0.2) is 36.4 Å². The van der Waals surface area contributed by atoms with E-state index in [0.717, 1.165) is 30.5 Å². The number of amides is 1. The zero-order valence-electron chi connectivity index (χ0n) is 15.3. The van der Waals surface area contributed by atoms with Crippen LogP contribution in [0.4, 0.5) is 5.69 Å². The van der Waals surface area contributed by atoms with E-state index >= 15 is 0 Å². The Bertz CT molecular complexity index is 741. The van der Waals surface area contributed by atoms with Crippen molar-refractivity contribution >= 4 is 17.6 Å². The first-order chi connectivity index (χ1) is 12.6. The fourth-order valence-corrected chi connectivity index (χ4v) is 4.33. The van der Waals surface area contributed by atoms with Crippen molar-refractivity contribution in [3.05, 3.63) is 42.0 Å². The number of esters is 1. The van der Waals surface area contributed by atoms with E-state index in [0.29, 0.717) is 13.2 Å². The number of fused-ring (bicyclic) bond motifs is 1. The number of carbonyl (C=O) groups excluding carboxylic acids is 2. The number of benzene rings is 1. The largest absolute Gasteiger partial charge is 0.465 e. The van der Waals surface area contributed by atoms with Gasteiger partial charge in [0.1, 0.15) is 11.5 Å². The number of unbranched alkanes of at least 4 members (excludes halogenated alkanes) is 2. The summed E-state index contributed by atoms with van der Waals surface area (Å²) in [4.78, 5) is 27.6. The summed E-state index contributed by atoms with van der Waals surface area (Å²) in [5.74, 6) is -1.38. The second-order valence-corrected chi connectivity index (χ2v) is 7.53. The Labute approximate surface area is 154 Å². The summed E-state index contributed by atoms with van der Waals surface area (Å²) >= 11 is 0. The fourth-order valence-electron chi connectivity index (χ4n) is 4.33. The Morgan fingerprint density at radius 1 is 1.31 bits per heavy atom. The lowest BCUT2D eigenvalue weighted by molar-refractivity contribution is -0.152. The van der Waals surface area contributed by atoms with Crippen molar-refractivity contribution < 1.29 is 19.1 Å². The van der Waals surface area contributed by atoms with Crippen molar-refractivity contribution in [3.8, 4) is 0 Å². The van der Waals surface area contributed by atoms with Gasteiger partial charge in [-0.15, -0.1) is 0 Å². The van der Waals surface area contributed by atoms with Gasteiger partial charge in [0.2, 0.25) is 5.91 Å². The number of hydrogen-bond donors (Lipinski definition) is 0. The van der Waals surface area contributed by atoms with Crippen LogP contribution in [0.2, 0.25) is 0 Å². The summed E-state index contributed by atoms with van der Waals surface area (Å²) in [6.07, 6.45) is 6.50. The zero-order chi connectivity index (χ0) is 18.3. The Balaban J connectivity index is 1.53. The minimum absolute atomic E-state index is 0.0452. The Morgan fingerprint density at radius 3 is 2.81 bits per heavy atom. The van der Waals surface area contributed by atoms with Crippen LogP contribution in [0.5, 0.6) is 0 Å². The van der Waals surface area contributed by atoms with Gasteiger partial charge in [-0.25, -0.2) is 0 Å². The molecule has 1 aromatic carbocycles. The van der Waals surface area contributed by atoms with Crippen molar-refractivity contribution in [2.24, 2.45) is 11.8 Å². The third-order valence-electron chi connectivity index (χ3n) is 5.71. The number of nitrogens with zero attached hydrogens (tertiary/aromatic N) is 1. The van der Waals surface area contributed by atoms with E-state index in [1.54, 1.807) is 4.90 Å². The van der Waals surface area contributed by atoms with Crippen molar-refractivity contribution in [2.45, 2.75) is 44.8 Å². The van der Waals surface area contributed by atoms with E-state index in [1.165, 1.54) is 0 Å². The number of anilines is 1. The molecule has 0 aliphatic carbocycles. The number of aryl methyl sites for hydroxylation is 1. The number of hydrogen-bond acceptors (Lipinski definition) is 4. The molecule has 26 heavy (non-hydrogen) atoms. The Kier molecular flexibility index (Phi) is 4.35. The van der Waals surface area contributed by atoms with Crippen molar-refractivity contribution in [1.29, 1.82) is 0 Å². The van der Waals surface area contributed by atoms with E-state index in [9.17, 15) is 9.59 Å². The molecule has 2 saturated heterocycles. The molecule has 3 heterocycles. The van der Waals surface area contributed by atoms with Gasteiger partial charge in [0.25, 0.3) is 0 Å². The van der Waals surface area contributed by atoms with Crippen LogP contribution >= 0.6 is 0 Å². The highest BCUT2D eigenvalue weighted by Gasteiger charge is 2.67. The lowest BCUT2D eigenvalue weighted by Gasteiger charge is -2.22. The summed E-state index contributed by atoms with van der Waals surface area (Å²) in [6.45, 7) is 4.99. The SMILES string of the molecule is CCCCCOC(=O)[C@@H]1[C@H]2C(=O)N(c3ccc(C)cc3)C[C@@]23C=C[C@H]1O3. The molecule has 138 valence electrons. The molecule has 0 aromatic heterocycles. The van der Waals surface area contributed by atoms with E-state index in [4.69, 9.17) is 9.47 Å². The van der Waals surface area contributed by atoms with Crippen LogP contribution in [0.3, 0.4) is 0 Å². The summed E-state index contributed by atoms with van der Waals surface area (Å²) in [7, 11) is 0. The van der Waals surface area contributed by atoms with E-state index in [2.05, 4.69) is 6.92 Å². The molecule has 3 aliphatic rings. The van der Waals surface area contributed by atoms with Gasteiger partial charge in [0, 0.05) is 5.69 Å². The fraction of sp³-hybridized carbons (Fsp3) is 0.524.